The maximum Gasteiger partial charge on any atom is 0.330 e. The molecule has 14 nitrogen and oxygen atoms in total. The van der Waals surface area contributed by atoms with Crippen molar-refractivity contribution in [3.63, 3.8) is 0 Å². The Kier molecular flexibility index (Phi) is 23.4. The van der Waals surface area contributed by atoms with Crippen molar-refractivity contribution in [1.82, 2.24) is 0 Å². The van der Waals surface area contributed by atoms with Crippen LogP contribution in [0.3, 0.4) is 0 Å². The predicted octanol–water partition coefficient (Wildman–Crippen LogP) is 8.13. The highest BCUT2D eigenvalue weighted by Gasteiger charge is 2.19. The van der Waals surface area contributed by atoms with Gasteiger partial charge in [-0.05, 0) is 44.0 Å². The molecule has 0 unspecified atom stereocenters. The molecule has 3 aromatic carbocycles. The number of aryl methyl sites for hydroxylation is 1. The van der Waals surface area contributed by atoms with E-state index in [9.17, 15) is 19.7 Å². The van der Waals surface area contributed by atoms with Crippen LogP contribution < -0.4 is 35.9 Å². The Bertz CT molecular complexity index is 1750. The Balaban J connectivity index is 1.83. The molecule has 0 amide bonds. The van der Waals surface area contributed by atoms with Gasteiger partial charge in [0.15, 0.2) is 29.5 Å². The number of unbranched alkanes of at least 4 members (excludes halogenated alkanes) is 10. The van der Waals surface area contributed by atoms with Crippen LogP contribution in [0.25, 0.3) is 0 Å². The lowest BCUT2D eigenvalue weighted by Crippen LogP contribution is -2.83. The minimum atomic E-state index is -0.551. The number of quaternary nitrogens is 2. The van der Waals surface area contributed by atoms with Crippen molar-refractivity contribution >= 4 is 46.1 Å². The molecule has 0 radical (unpaired) electrons. The topological polar surface area (TPSA) is 175 Å². The highest BCUT2D eigenvalue weighted by Crippen LogP contribution is 2.34. The third-order valence-corrected chi connectivity index (χ3v) is 9.89. The van der Waals surface area contributed by atoms with Crippen LogP contribution >= 0.6 is 0 Å². The van der Waals surface area contributed by atoms with E-state index in [4.69, 9.17) is 18.9 Å². The third kappa shape index (κ3) is 18.5. The second kappa shape index (κ2) is 28.8. The van der Waals surface area contributed by atoms with E-state index in [1.807, 2.05) is 16.8 Å². The lowest BCUT2D eigenvalue weighted by molar-refractivity contribution is -0.565. The molecule has 0 aliphatic rings. The molecular weight excluding hydrogens is 765 g/mol. The number of ether oxygens (including phenoxy) is 4. The summed E-state index contributed by atoms with van der Waals surface area (Å²) < 4.78 is 22.6. The normalized spacial score (nSPS) is 10.7. The molecule has 0 atom stereocenters. The molecule has 0 spiro atoms. The Hall–Kier alpha value is -5.60. The van der Waals surface area contributed by atoms with Gasteiger partial charge in [0.2, 0.25) is 0 Å². The van der Waals surface area contributed by atoms with Crippen LogP contribution in [0.15, 0.2) is 79.9 Å². The second-order valence-corrected chi connectivity index (χ2v) is 14.6. The number of nitrogens with two attached hydrogens (primary N) is 2. The van der Waals surface area contributed by atoms with Gasteiger partial charge in [0.05, 0.1) is 4.92 Å². The first-order valence-corrected chi connectivity index (χ1v) is 21.5. The Morgan fingerprint density at radius 1 is 0.733 bits per heavy atom. The van der Waals surface area contributed by atoms with Gasteiger partial charge in [-0.3, -0.25) is 15.4 Å². The molecule has 0 saturated heterocycles. The van der Waals surface area contributed by atoms with Gasteiger partial charge in [0.25, 0.3) is 5.69 Å². The predicted molar refractivity (Wildman–Crippen MR) is 238 cm³/mol. The number of benzene rings is 3. The smallest absolute Gasteiger partial charge is 0.330 e. The molecule has 328 valence electrons. The summed E-state index contributed by atoms with van der Waals surface area (Å²) in [4.78, 5) is 36.6. The number of nitrogens with zero attached hydrogens (tertiary/aromatic N) is 2. The zero-order chi connectivity index (χ0) is 43.4. The van der Waals surface area contributed by atoms with Crippen molar-refractivity contribution in [2.24, 2.45) is 0 Å². The van der Waals surface area contributed by atoms with Gasteiger partial charge >= 0.3 is 11.9 Å². The van der Waals surface area contributed by atoms with Crippen LogP contribution in [0.2, 0.25) is 0 Å². The summed E-state index contributed by atoms with van der Waals surface area (Å²) in [5, 5.41) is 16.2. The first-order chi connectivity index (χ1) is 29.2. The van der Waals surface area contributed by atoms with Crippen LogP contribution in [0.1, 0.15) is 96.5 Å². The molecule has 0 aromatic heterocycles. The highest BCUT2D eigenvalue weighted by molar-refractivity contribution is 5.81. The first-order valence-electron chi connectivity index (χ1n) is 21.5. The second-order valence-electron chi connectivity index (χ2n) is 14.6. The van der Waals surface area contributed by atoms with Crippen LogP contribution in [0.5, 0.6) is 11.5 Å². The summed E-state index contributed by atoms with van der Waals surface area (Å²) in [5.74, 6) is -0.131. The van der Waals surface area contributed by atoms with Gasteiger partial charge in [0.1, 0.15) is 32.1 Å². The van der Waals surface area contributed by atoms with Crippen molar-refractivity contribution in [2.75, 3.05) is 61.8 Å². The Morgan fingerprint density at radius 3 is 1.85 bits per heavy atom. The van der Waals surface area contributed by atoms with Gasteiger partial charge in [-0.15, -0.1) is 0 Å². The van der Waals surface area contributed by atoms with E-state index < -0.39 is 16.9 Å². The quantitative estimate of drug-likeness (QED) is 0.00682. The van der Waals surface area contributed by atoms with E-state index in [1.54, 1.807) is 18.2 Å². The standard InChI is InChI=1S/C46H66N6O8/c1-6-10-12-14-16-18-26-51(27-19-17-15-13-11-7-2)39-24-25-40(36(5)32-39)49-50-42-34-43(57-28-30-59-45(53)8-3)41(33-44(42)58-29-31-60-46(54)9-4)48-35-47-37-20-22-38(23-21-37)52(55)56/h8-9,20-25,32-34,47-50H,3-4,6-7,10-19,26-31,35H2,1-2,5H3/p+2. The van der Waals surface area contributed by atoms with E-state index in [0.717, 1.165) is 36.5 Å². The number of nitro groups is 1. The fourth-order valence-corrected chi connectivity index (χ4v) is 6.49. The van der Waals surface area contributed by atoms with Gasteiger partial charge in [0, 0.05) is 72.5 Å². The van der Waals surface area contributed by atoms with Crippen LogP contribution in [-0.2, 0) is 19.1 Å². The Morgan fingerprint density at radius 2 is 1.30 bits per heavy atom. The summed E-state index contributed by atoms with van der Waals surface area (Å²) >= 11 is 0. The van der Waals surface area contributed by atoms with Gasteiger partial charge in [-0.25, -0.2) is 20.4 Å². The Labute approximate surface area is 356 Å². The maximum absolute atomic E-state index is 11.7. The average molecular weight is 833 g/mol. The number of nitrogens with one attached hydrogen (secondary N) is 2. The summed E-state index contributed by atoms with van der Waals surface area (Å²) in [6.07, 6.45) is 17.4. The number of rotatable bonds is 33. The molecule has 60 heavy (non-hydrogen) atoms. The molecule has 0 heterocycles. The summed E-state index contributed by atoms with van der Waals surface area (Å²) in [6.45, 7) is 16.1. The lowest BCUT2D eigenvalue weighted by atomic mass is 10.1. The van der Waals surface area contributed by atoms with Crippen molar-refractivity contribution < 1.29 is 44.2 Å². The molecule has 6 N–H and O–H groups in total. The molecule has 0 aliphatic carbocycles. The lowest BCUT2D eigenvalue weighted by Gasteiger charge is -2.26. The van der Waals surface area contributed by atoms with E-state index in [-0.39, 0.29) is 32.1 Å². The van der Waals surface area contributed by atoms with Crippen molar-refractivity contribution in [1.29, 1.82) is 0 Å². The van der Waals surface area contributed by atoms with Crippen LogP contribution in [0.4, 0.5) is 34.1 Å². The zero-order valence-corrected chi connectivity index (χ0v) is 36.0. The number of nitrogen functional groups attached to an aromatic ring is 1. The molecule has 3 aromatic rings. The zero-order valence-electron chi connectivity index (χ0n) is 36.0. The summed E-state index contributed by atoms with van der Waals surface area (Å²) in [6, 6.07) is 16.4. The van der Waals surface area contributed by atoms with Crippen molar-refractivity contribution in [3.05, 3.63) is 95.6 Å². The SMILES string of the molecule is C=CC(=O)OCCOc1cc([NH2+]CNc2ccc([N+](=O)[O-])cc2)c(OCCOC(=O)C=C)cc1N[NH2+]c1ccc(N(CCCCCCCC)CCCCCCCC)cc1C. The van der Waals surface area contributed by atoms with E-state index in [2.05, 4.69) is 67.8 Å². The number of esters is 2. The first kappa shape index (κ1) is 48.8. The summed E-state index contributed by atoms with van der Waals surface area (Å²) in [5.41, 5.74) is 10.7. The largest absolute Gasteiger partial charge is 0.487 e. The minimum Gasteiger partial charge on any atom is -0.487 e. The van der Waals surface area contributed by atoms with Gasteiger partial charge in [-0.2, -0.15) is 0 Å². The minimum absolute atomic E-state index is 0.00192. The summed E-state index contributed by atoms with van der Waals surface area (Å²) in [7, 11) is 0. The molecule has 0 bridgehead atoms. The number of hydrogen-bond acceptors (Lipinski definition) is 11. The van der Waals surface area contributed by atoms with E-state index in [0.29, 0.717) is 35.2 Å². The molecule has 14 heteroatoms. The third-order valence-electron chi connectivity index (χ3n) is 9.89. The van der Waals surface area contributed by atoms with E-state index in [1.165, 1.54) is 94.9 Å². The molecule has 0 fully saturated rings. The van der Waals surface area contributed by atoms with Gasteiger partial charge in [-0.1, -0.05) is 91.2 Å². The van der Waals surface area contributed by atoms with E-state index >= 15 is 0 Å². The molecular formula is C46H68N6O8+2. The maximum atomic E-state index is 11.7. The molecule has 0 saturated carbocycles. The average Bonchev–Trinajstić information content (AvgIpc) is 3.25. The number of hydrogen-bond donors (Lipinski definition) is 4. The fourth-order valence-electron chi connectivity index (χ4n) is 6.49. The highest BCUT2D eigenvalue weighted by atomic mass is 16.6. The number of non-ortho nitro benzene ring substituents is 1. The number of anilines is 3. The van der Waals surface area contributed by atoms with Gasteiger partial charge < -0.3 is 29.2 Å². The van der Waals surface area contributed by atoms with Crippen LogP contribution in [-0.4, -0.2) is 63.0 Å². The molecule has 3 rings (SSSR count). The monoisotopic (exact) mass is 833 g/mol. The van der Waals surface area contributed by atoms with Crippen LogP contribution in [0, 0.1) is 17.0 Å². The number of carbonyl (C=O) groups excluding carboxylic acids is 2. The fraction of sp³-hybridized carbons (Fsp3) is 0.478. The number of carbonyl (C=O) groups is 2. The number of nitro benzene ring substituents is 1. The van der Waals surface area contributed by atoms with Crippen molar-refractivity contribution in [2.45, 2.75) is 97.8 Å². The van der Waals surface area contributed by atoms with Crippen molar-refractivity contribution in [3.8, 4) is 11.5 Å². The molecule has 0 aliphatic heterocycles.